The average molecular weight is 397 g/mol. The number of carbonyl (C=O) groups excluding carboxylic acids is 1. The lowest BCUT2D eigenvalue weighted by atomic mass is 9.92. The first-order chi connectivity index (χ1) is 13.7. The van der Waals surface area contributed by atoms with Gasteiger partial charge in [-0.15, -0.1) is 0 Å². The number of hydrogen-bond acceptors (Lipinski definition) is 3. The van der Waals surface area contributed by atoms with Crippen LogP contribution in [0.15, 0.2) is 54.6 Å². The zero-order valence-corrected chi connectivity index (χ0v) is 18.1. The monoisotopic (exact) mass is 396 g/mol. The quantitative estimate of drug-likeness (QED) is 0.729. The van der Waals surface area contributed by atoms with Crippen molar-refractivity contribution in [3.8, 4) is 0 Å². The van der Waals surface area contributed by atoms with Gasteiger partial charge < -0.3 is 19.7 Å². The molecule has 1 atom stereocenters. The van der Waals surface area contributed by atoms with E-state index in [1.54, 1.807) is 7.11 Å². The molecule has 1 heterocycles. The van der Waals surface area contributed by atoms with Crippen LogP contribution in [-0.2, 0) is 22.6 Å². The lowest BCUT2D eigenvalue weighted by Crippen LogP contribution is -2.50. The minimum absolute atomic E-state index is 0.0488. The molecule has 0 bridgehead atoms. The predicted molar refractivity (Wildman–Crippen MR) is 116 cm³/mol. The van der Waals surface area contributed by atoms with Gasteiger partial charge in [0.15, 0.2) is 0 Å². The van der Waals surface area contributed by atoms with Gasteiger partial charge in [0.1, 0.15) is 0 Å². The van der Waals surface area contributed by atoms with E-state index in [0.29, 0.717) is 13.2 Å². The second-order valence-electron chi connectivity index (χ2n) is 8.82. The van der Waals surface area contributed by atoms with Crippen molar-refractivity contribution < 1.29 is 14.3 Å². The minimum Gasteiger partial charge on any atom is -0.380 e. The molecule has 2 aromatic rings. The summed E-state index contributed by atoms with van der Waals surface area (Å²) in [6.45, 7) is 9.27. The number of hydrogen-bond donors (Lipinski definition) is 1. The smallest absolute Gasteiger partial charge is 0.322 e. The first-order valence-electron chi connectivity index (χ1n) is 10.1. The van der Waals surface area contributed by atoms with Gasteiger partial charge in [-0.25, -0.2) is 4.79 Å². The Kier molecular flexibility index (Phi) is 6.30. The lowest BCUT2D eigenvalue weighted by molar-refractivity contribution is -0.0773. The Morgan fingerprint density at radius 2 is 1.76 bits per heavy atom. The number of nitrogens with one attached hydrogen (secondary N) is 1. The molecule has 1 aliphatic heterocycles. The maximum absolute atomic E-state index is 13.5. The molecule has 29 heavy (non-hydrogen) atoms. The van der Waals surface area contributed by atoms with Crippen molar-refractivity contribution in [1.82, 2.24) is 4.90 Å². The van der Waals surface area contributed by atoms with E-state index in [9.17, 15) is 4.79 Å². The normalized spacial score (nSPS) is 19.7. The molecule has 5 nitrogen and oxygen atoms in total. The molecule has 3 rings (SSSR count). The van der Waals surface area contributed by atoms with Crippen molar-refractivity contribution in [2.24, 2.45) is 0 Å². The standard InChI is InChI=1S/C24H32N2O3/c1-23(2)15-21(24(3,4)29-23)26(16-18-11-7-6-8-12-18)22(27)25-20-14-10-9-13-19(20)17-28-5/h6-14,21H,15-17H2,1-5H3,(H,25,27). The van der Waals surface area contributed by atoms with Crippen molar-refractivity contribution in [1.29, 1.82) is 0 Å². The first-order valence-corrected chi connectivity index (χ1v) is 10.1. The molecule has 1 fully saturated rings. The number of benzene rings is 2. The van der Waals surface area contributed by atoms with Gasteiger partial charge in [-0.3, -0.25) is 0 Å². The molecule has 0 aromatic heterocycles. The average Bonchev–Trinajstić information content (AvgIpc) is 2.89. The van der Waals surface area contributed by atoms with E-state index < -0.39 is 5.60 Å². The van der Waals surface area contributed by atoms with E-state index >= 15 is 0 Å². The van der Waals surface area contributed by atoms with Gasteiger partial charge in [0.05, 0.1) is 23.9 Å². The van der Waals surface area contributed by atoms with Gasteiger partial charge in [0, 0.05) is 24.9 Å². The Balaban J connectivity index is 1.90. The summed E-state index contributed by atoms with van der Waals surface area (Å²) in [6, 6.07) is 17.6. The SMILES string of the molecule is COCc1ccccc1NC(=O)N(Cc1ccccc1)C1CC(C)(C)OC1(C)C. The Morgan fingerprint density at radius 1 is 1.10 bits per heavy atom. The maximum atomic E-state index is 13.5. The second-order valence-corrected chi connectivity index (χ2v) is 8.82. The summed E-state index contributed by atoms with van der Waals surface area (Å²) in [6.07, 6.45) is 0.778. The Bertz CT molecular complexity index is 833. The highest BCUT2D eigenvalue weighted by Gasteiger charge is 2.49. The van der Waals surface area contributed by atoms with Crippen molar-refractivity contribution in [3.05, 3.63) is 65.7 Å². The first kappa shape index (κ1) is 21.3. The highest BCUT2D eigenvalue weighted by atomic mass is 16.5. The topological polar surface area (TPSA) is 50.8 Å². The van der Waals surface area contributed by atoms with Crippen molar-refractivity contribution >= 4 is 11.7 Å². The molecule has 0 spiro atoms. The molecule has 156 valence electrons. The van der Waals surface area contributed by atoms with Gasteiger partial charge in [0.25, 0.3) is 0 Å². The van der Waals surface area contributed by atoms with Gasteiger partial charge in [0.2, 0.25) is 0 Å². The van der Waals surface area contributed by atoms with Gasteiger partial charge in [-0.2, -0.15) is 0 Å². The summed E-state index contributed by atoms with van der Waals surface area (Å²) in [5.74, 6) is 0. The van der Waals surface area contributed by atoms with Crippen LogP contribution in [0.25, 0.3) is 0 Å². The molecule has 1 saturated heterocycles. The molecule has 1 unspecified atom stereocenters. The molecule has 0 saturated carbocycles. The van der Waals surface area contributed by atoms with E-state index in [4.69, 9.17) is 9.47 Å². The zero-order valence-electron chi connectivity index (χ0n) is 18.1. The van der Waals surface area contributed by atoms with E-state index in [-0.39, 0.29) is 17.7 Å². The van der Waals surface area contributed by atoms with Crippen LogP contribution in [0, 0.1) is 0 Å². The fourth-order valence-corrected chi connectivity index (χ4v) is 4.23. The minimum atomic E-state index is -0.443. The number of carbonyl (C=O) groups is 1. The molecule has 2 amide bonds. The van der Waals surface area contributed by atoms with Crippen LogP contribution < -0.4 is 5.32 Å². The molecule has 2 aromatic carbocycles. The third-order valence-corrected chi connectivity index (χ3v) is 5.42. The number of anilines is 1. The van der Waals surface area contributed by atoms with Crippen LogP contribution in [0.5, 0.6) is 0 Å². The summed E-state index contributed by atoms with van der Waals surface area (Å²) in [5.41, 5.74) is 2.09. The van der Waals surface area contributed by atoms with E-state index in [1.807, 2.05) is 59.5 Å². The Labute approximate surface area is 174 Å². The summed E-state index contributed by atoms with van der Waals surface area (Å²) < 4.78 is 11.6. The van der Waals surface area contributed by atoms with Crippen molar-refractivity contribution in [2.45, 2.75) is 64.5 Å². The third kappa shape index (κ3) is 5.17. The van der Waals surface area contributed by atoms with E-state index in [1.165, 1.54) is 0 Å². The highest BCUT2D eigenvalue weighted by Crippen LogP contribution is 2.41. The molecule has 1 aliphatic rings. The lowest BCUT2D eigenvalue weighted by Gasteiger charge is -2.36. The summed E-state index contributed by atoms with van der Waals surface area (Å²) in [7, 11) is 1.65. The van der Waals surface area contributed by atoms with Crippen LogP contribution in [0.3, 0.4) is 0 Å². The fraction of sp³-hybridized carbons (Fsp3) is 0.458. The summed E-state index contributed by atoms with van der Waals surface area (Å²) in [4.78, 5) is 15.4. The Morgan fingerprint density at radius 3 is 2.38 bits per heavy atom. The molecular formula is C24H32N2O3. The van der Waals surface area contributed by atoms with Crippen LogP contribution in [0.4, 0.5) is 10.5 Å². The van der Waals surface area contributed by atoms with Crippen LogP contribution in [0.2, 0.25) is 0 Å². The van der Waals surface area contributed by atoms with Gasteiger partial charge in [-0.05, 0) is 45.7 Å². The van der Waals surface area contributed by atoms with Crippen LogP contribution in [0.1, 0.15) is 45.2 Å². The fourth-order valence-electron chi connectivity index (χ4n) is 4.23. The summed E-state index contributed by atoms with van der Waals surface area (Å²) in [5, 5.41) is 3.11. The number of methoxy groups -OCH3 is 1. The Hall–Kier alpha value is -2.37. The van der Waals surface area contributed by atoms with Crippen LogP contribution in [-0.4, -0.2) is 35.3 Å². The van der Waals surface area contributed by atoms with Crippen molar-refractivity contribution in [2.75, 3.05) is 12.4 Å². The van der Waals surface area contributed by atoms with Crippen LogP contribution >= 0.6 is 0 Å². The molecular weight excluding hydrogens is 364 g/mol. The molecule has 1 N–H and O–H groups in total. The number of rotatable bonds is 6. The number of nitrogens with zero attached hydrogens (tertiary/aromatic N) is 1. The largest absolute Gasteiger partial charge is 0.380 e. The molecule has 0 radical (unpaired) electrons. The van der Waals surface area contributed by atoms with Gasteiger partial charge in [-0.1, -0.05) is 48.5 Å². The zero-order chi connectivity index (χ0) is 21.1. The van der Waals surface area contributed by atoms with Crippen molar-refractivity contribution in [3.63, 3.8) is 0 Å². The third-order valence-electron chi connectivity index (χ3n) is 5.42. The molecule has 0 aliphatic carbocycles. The number of para-hydroxylation sites is 1. The maximum Gasteiger partial charge on any atom is 0.322 e. The predicted octanol–water partition coefficient (Wildman–Crippen LogP) is 5.21. The number of ether oxygens (including phenoxy) is 2. The highest BCUT2D eigenvalue weighted by molar-refractivity contribution is 5.90. The van der Waals surface area contributed by atoms with Gasteiger partial charge >= 0.3 is 6.03 Å². The number of urea groups is 1. The molecule has 5 heteroatoms. The number of amides is 2. The summed E-state index contributed by atoms with van der Waals surface area (Å²) >= 11 is 0. The van der Waals surface area contributed by atoms with E-state index in [0.717, 1.165) is 23.2 Å². The second kappa shape index (κ2) is 8.56. The van der Waals surface area contributed by atoms with E-state index in [2.05, 4.69) is 33.0 Å².